The minimum atomic E-state index is -0.489. The summed E-state index contributed by atoms with van der Waals surface area (Å²) in [6.07, 6.45) is 2.44. The largest absolute Gasteiger partial charge is 0.392 e. The van der Waals surface area contributed by atoms with E-state index in [9.17, 15) is 9.90 Å². The number of amides is 1. The normalized spacial score (nSPS) is 30.8. The van der Waals surface area contributed by atoms with E-state index in [1.165, 1.54) is 25.4 Å². The summed E-state index contributed by atoms with van der Waals surface area (Å²) in [5.74, 6) is 1.08. The standard InChI is InChI=1S/C29H41N3O3S2/c1-19(28(34)30-11-12-32-13-15-35-16-14-32)22-9-10-29(3)17-23-26(20(2)25(29)27(22)33)31-24(37-23)18-36-21-7-5-4-6-8-21/h4-8,19-20,22,25,27,33H,9-18H2,1-3H3,(H,30,34)/p+1/t19-,20-,22+,25+,27-,29-/m0/s1. The van der Waals surface area contributed by atoms with Crippen molar-refractivity contribution in [2.75, 3.05) is 39.4 Å². The maximum Gasteiger partial charge on any atom is 0.223 e. The van der Waals surface area contributed by atoms with Gasteiger partial charge in [0.1, 0.15) is 18.1 Å². The molecule has 2 aromatic rings. The number of carbonyl (C=O) groups is 1. The number of hydrogen-bond donors (Lipinski definition) is 3. The molecule has 5 rings (SSSR count). The highest BCUT2D eigenvalue weighted by Crippen LogP contribution is 2.57. The van der Waals surface area contributed by atoms with E-state index >= 15 is 0 Å². The lowest BCUT2D eigenvalue weighted by atomic mass is 9.53. The fourth-order valence-electron chi connectivity index (χ4n) is 6.95. The SMILES string of the molecule is C[C@H](C(=O)NCC[NH+]1CCOCC1)[C@H]1CC[C@@]2(C)Cc3sc(CSc4ccccc4)nc3[C@@H](C)[C@@H]2[C@H]1O. The molecule has 0 radical (unpaired) electrons. The van der Waals surface area contributed by atoms with Gasteiger partial charge in [-0.05, 0) is 48.6 Å². The lowest BCUT2D eigenvalue weighted by molar-refractivity contribution is -0.906. The monoisotopic (exact) mass is 544 g/mol. The smallest absolute Gasteiger partial charge is 0.223 e. The van der Waals surface area contributed by atoms with Crippen LogP contribution in [0.3, 0.4) is 0 Å². The molecule has 1 amide bonds. The van der Waals surface area contributed by atoms with Crippen LogP contribution in [0.5, 0.6) is 0 Å². The number of nitrogens with one attached hydrogen (secondary N) is 2. The maximum atomic E-state index is 13.1. The first kappa shape index (κ1) is 27.1. The molecule has 0 spiro atoms. The molecule has 8 heteroatoms. The van der Waals surface area contributed by atoms with Gasteiger partial charge in [-0.3, -0.25) is 4.79 Å². The van der Waals surface area contributed by atoms with Gasteiger partial charge in [0.05, 0.1) is 43.9 Å². The average Bonchev–Trinajstić information content (AvgIpc) is 3.31. The Balaban J connectivity index is 1.22. The summed E-state index contributed by atoms with van der Waals surface area (Å²) >= 11 is 3.69. The number of aliphatic hydroxyl groups is 1. The number of carbonyl (C=O) groups excluding carboxylic acids is 1. The number of hydrogen-bond acceptors (Lipinski definition) is 6. The van der Waals surface area contributed by atoms with E-state index in [0.29, 0.717) is 6.54 Å². The van der Waals surface area contributed by atoms with Crippen LogP contribution in [0.2, 0.25) is 0 Å². The number of thioether (sulfide) groups is 1. The molecule has 3 N–H and O–H groups in total. The first-order chi connectivity index (χ1) is 17.9. The van der Waals surface area contributed by atoms with Crippen LogP contribution in [0.1, 0.15) is 55.1 Å². The second-order valence-corrected chi connectivity index (χ2v) is 13.8. The Labute approximate surface area is 229 Å². The summed E-state index contributed by atoms with van der Waals surface area (Å²) in [6.45, 7) is 11.9. The van der Waals surface area contributed by atoms with Crippen LogP contribution >= 0.6 is 23.1 Å². The van der Waals surface area contributed by atoms with Gasteiger partial charge in [-0.1, -0.05) is 39.0 Å². The number of morpholine rings is 1. The summed E-state index contributed by atoms with van der Waals surface area (Å²) in [4.78, 5) is 22.3. The number of thiazole rings is 1. The maximum absolute atomic E-state index is 13.1. The Morgan fingerprint density at radius 3 is 2.84 bits per heavy atom. The second-order valence-electron chi connectivity index (χ2n) is 11.5. The van der Waals surface area contributed by atoms with E-state index in [1.807, 2.05) is 36.1 Å². The second kappa shape index (κ2) is 11.7. The molecule has 1 aliphatic heterocycles. The fraction of sp³-hybridized carbons (Fsp3) is 0.655. The van der Waals surface area contributed by atoms with Gasteiger partial charge in [-0.2, -0.15) is 0 Å². The zero-order valence-electron chi connectivity index (χ0n) is 22.4. The van der Waals surface area contributed by atoms with Crippen molar-refractivity contribution >= 4 is 29.0 Å². The minimum absolute atomic E-state index is 0.00968. The van der Waals surface area contributed by atoms with Crippen LogP contribution < -0.4 is 10.2 Å². The van der Waals surface area contributed by atoms with Crippen molar-refractivity contribution in [3.05, 3.63) is 45.9 Å². The predicted molar refractivity (Wildman–Crippen MR) is 149 cm³/mol. The molecule has 37 heavy (non-hydrogen) atoms. The van der Waals surface area contributed by atoms with Crippen molar-refractivity contribution in [3.63, 3.8) is 0 Å². The summed E-state index contributed by atoms with van der Waals surface area (Å²) in [6, 6.07) is 10.5. The van der Waals surface area contributed by atoms with Gasteiger partial charge in [0, 0.05) is 21.6 Å². The van der Waals surface area contributed by atoms with Crippen molar-refractivity contribution < 1.29 is 19.5 Å². The number of rotatable bonds is 8. The van der Waals surface area contributed by atoms with E-state index in [0.717, 1.165) is 57.9 Å². The Morgan fingerprint density at radius 2 is 2.08 bits per heavy atom. The lowest BCUT2D eigenvalue weighted by Gasteiger charge is -2.53. The van der Waals surface area contributed by atoms with Gasteiger partial charge in [-0.25, -0.2) is 4.98 Å². The summed E-state index contributed by atoms with van der Waals surface area (Å²) < 4.78 is 5.43. The average molecular weight is 545 g/mol. The Bertz CT molecular complexity index is 1060. The van der Waals surface area contributed by atoms with Crippen LogP contribution in [0.25, 0.3) is 0 Å². The third-order valence-corrected chi connectivity index (χ3v) is 11.4. The number of benzene rings is 1. The van der Waals surface area contributed by atoms with Crippen molar-refractivity contribution in [3.8, 4) is 0 Å². The molecule has 2 fully saturated rings. The van der Waals surface area contributed by atoms with E-state index in [1.54, 1.807) is 0 Å². The van der Waals surface area contributed by atoms with Gasteiger partial charge in [0.25, 0.3) is 0 Å². The van der Waals surface area contributed by atoms with Crippen molar-refractivity contribution in [1.82, 2.24) is 10.3 Å². The molecular formula is C29H42N3O3S2+. The van der Waals surface area contributed by atoms with Gasteiger partial charge in [0.15, 0.2) is 0 Å². The summed E-state index contributed by atoms with van der Waals surface area (Å²) in [5.41, 5.74) is 1.23. The molecule has 6 nitrogen and oxygen atoms in total. The first-order valence-corrected chi connectivity index (χ1v) is 15.7. The molecule has 1 saturated heterocycles. The lowest BCUT2D eigenvalue weighted by Crippen LogP contribution is -3.14. The van der Waals surface area contributed by atoms with Crippen molar-refractivity contribution in [1.29, 1.82) is 0 Å². The van der Waals surface area contributed by atoms with Crippen LogP contribution in [-0.2, 0) is 21.7 Å². The van der Waals surface area contributed by atoms with E-state index in [4.69, 9.17) is 9.72 Å². The molecule has 0 unspecified atom stereocenters. The number of aliphatic hydroxyl groups excluding tert-OH is 1. The quantitative estimate of drug-likeness (QED) is 0.445. The molecule has 1 saturated carbocycles. The molecule has 0 bridgehead atoms. The topological polar surface area (TPSA) is 75.9 Å². The van der Waals surface area contributed by atoms with Crippen molar-refractivity contribution in [2.45, 2.75) is 62.7 Å². The third kappa shape index (κ3) is 5.93. The van der Waals surface area contributed by atoms with E-state index in [-0.39, 0.29) is 35.0 Å². The van der Waals surface area contributed by atoms with Gasteiger partial charge in [-0.15, -0.1) is 23.1 Å². The number of fused-ring (bicyclic) bond motifs is 2. The van der Waals surface area contributed by atoms with Crippen LogP contribution in [-0.4, -0.2) is 61.5 Å². The molecule has 1 aromatic carbocycles. The Hall–Kier alpha value is -1.45. The Kier molecular flexibility index (Phi) is 8.61. The zero-order valence-corrected chi connectivity index (χ0v) is 24.0. The van der Waals surface area contributed by atoms with Crippen LogP contribution in [0.15, 0.2) is 35.2 Å². The van der Waals surface area contributed by atoms with Gasteiger partial charge >= 0.3 is 0 Å². The number of aromatic nitrogens is 1. The van der Waals surface area contributed by atoms with Gasteiger partial charge in [0.2, 0.25) is 5.91 Å². The summed E-state index contributed by atoms with van der Waals surface area (Å²) in [7, 11) is 0. The molecular weight excluding hydrogens is 502 g/mol. The first-order valence-electron chi connectivity index (χ1n) is 13.9. The number of nitrogens with zero attached hydrogens (tertiary/aromatic N) is 1. The fourth-order valence-corrected chi connectivity index (χ4v) is 9.23. The highest BCUT2D eigenvalue weighted by Gasteiger charge is 2.53. The highest BCUT2D eigenvalue weighted by atomic mass is 32.2. The molecule has 2 heterocycles. The zero-order chi connectivity index (χ0) is 26.0. The molecule has 3 aliphatic rings. The van der Waals surface area contributed by atoms with Crippen molar-refractivity contribution in [2.24, 2.45) is 23.2 Å². The number of ether oxygens (including phenoxy) is 1. The van der Waals surface area contributed by atoms with E-state index in [2.05, 4.69) is 43.4 Å². The highest BCUT2D eigenvalue weighted by molar-refractivity contribution is 7.98. The van der Waals surface area contributed by atoms with Crippen LogP contribution in [0, 0.1) is 23.2 Å². The number of quaternary nitrogens is 1. The predicted octanol–water partition coefficient (Wildman–Crippen LogP) is 3.16. The Morgan fingerprint density at radius 1 is 1.32 bits per heavy atom. The van der Waals surface area contributed by atoms with Crippen LogP contribution in [0.4, 0.5) is 0 Å². The molecule has 2 aliphatic carbocycles. The molecule has 1 aromatic heterocycles. The minimum Gasteiger partial charge on any atom is -0.392 e. The van der Waals surface area contributed by atoms with Gasteiger partial charge < -0.3 is 20.1 Å². The van der Waals surface area contributed by atoms with E-state index < -0.39 is 6.10 Å². The molecule has 202 valence electrons. The third-order valence-electron chi connectivity index (χ3n) is 9.11. The summed E-state index contributed by atoms with van der Waals surface area (Å²) in [5, 5.41) is 16.0. The molecule has 6 atom stereocenters.